The molecule has 2 aromatic carbocycles. The quantitative estimate of drug-likeness (QED) is 0.281. The molecule has 0 aliphatic rings. The number of aliphatic carboxylic acids is 1. The van der Waals surface area contributed by atoms with Gasteiger partial charge in [-0.25, -0.2) is 0 Å². The number of halogens is 3. The lowest BCUT2D eigenvalue weighted by molar-refractivity contribution is -0.136. The summed E-state index contributed by atoms with van der Waals surface area (Å²) in [7, 11) is 1.51. The van der Waals surface area contributed by atoms with E-state index in [-0.39, 0.29) is 22.7 Å². The predicted octanol–water partition coefficient (Wildman–Crippen LogP) is 6.74. The molecule has 0 bridgehead atoms. The smallest absolute Gasteiger partial charge is 0.303 e. The molecule has 0 radical (unpaired) electrons. The van der Waals surface area contributed by atoms with Crippen molar-refractivity contribution >= 4 is 68.1 Å². The topological polar surface area (TPSA) is 80.6 Å². The highest BCUT2D eigenvalue weighted by atomic mass is 35.5. The molecule has 0 atom stereocenters. The molecule has 1 amide bonds. The average molecular weight is 524 g/mol. The fourth-order valence-corrected chi connectivity index (χ4v) is 5.33. The lowest BCUT2D eigenvalue weighted by Gasteiger charge is -2.15. The Hall–Kier alpha value is -2.71. The summed E-state index contributed by atoms with van der Waals surface area (Å²) >= 11 is 20.1. The highest BCUT2D eigenvalue weighted by molar-refractivity contribution is 7.22. The van der Waals surface area contributed by atoms with Crippen molar-refractivity contribution in [1.29, 1.82) is 0 Å². The van der Waals surface area contributed by atoms with Crippen molar-refractivity contribution in [2.75, 3.05) is 12.5 Å². The third-order valence-corrected chi connectivity index (χ3v) is 7.50. The minimum atomic E-state index is -0.932. The van der Waals surface area contributed by atoms with Gasteiger partial charge in [0.05, 0.1) is 28.9 Å². The number of hydrogen-bond acceptors (Lipinski definition) is 4. The van der Waals surface area contributed by atoms with Crippen molar-refractivity contribution in [3.05, 3.63) is 74.2 Å². The first-order chi connectivity index (χ1) is 15.8. The van der Waals surface area contributed by atoms with Crippen LogP contribution in [0.4, 0.5) is 0 Å². The van der Waals surface area contributed by atoms with Crippen LogP contribution in [0.3, 0.4) is 0 Å². The summed E-state index contributed by atoms with van der Waals surface area (Å²) in [6.45, 7) is 0. The standard InChI is InChI=1S/C23H17Cl3N2O4S/c1-32-17-10-8-15-19(25)22(33-21(15)20(17)26)23(31)27-28-14(7-11-18(29)30)6-9-16(28)12-2-4-13(24)5-3-12/h2-6,8-10H,7,11H2,1H3,(H,27,31)(H,29,30). The van der Waals surface area contributed by atoms with Crippen molar-refractivity contribution in [2.24, 2.45) is 0 Å². The largest absolute Gasteiger partial charge is 0.495 e. The van der Waals surface area contributed by atoms with E-state index in [0.717, 1.165) is 16.9 Å². The Morgan fingerprint density at radius 2 is 1.76 bits per heavy atom. The van der Waals surface area contributed by atoms with Crippen molar-refractivity contribution in [1.82, 2.24) is 4.68 Å². The highest BCUT2D eigenvalue weighted by Crippen LogP contribution is 2.43. The van der Waals surface area contributed by atoms with E-state index in [2.05, 4.69) is 5.43 Å². The molecule has 0 aliphatic heterocycles. The number of aryl methyl sites for hydroxylation is 1. The summed E-state index contributed by atoms with van der Waals surface area (Å²) < 4.78 is 7.47. The van der Waals surface area contributed by atoms with Crippen LogP contribution in [0, 0.1) is 0 Å². The Kier molecular flexibility index (Phi) is 6.86. The molecule has 4 rings (SSSR count). The van der Waals surface area contributed by atoms with Crippen molar-refractivity contribution in [3.8, 4) is 17.0 Å². The number of ether oxygens (including phenoxy) is 1. The molecule has 6 nitrogen and oxygen atoms in total. The zero-order valence-electron chi connectivity index (χ0n) is 17.2. The Balaban J connectivity index is 1.74. The second-order valence-electron chi connectivity index (χ2n) is 7.09. The number of hydrogen-bond donors (Lipinski definition) is 2. The molecular weight excluding hydrogens is 507 g/mol. The lowest BCUT2D eigenvalue weighted by atomic mass is 10.2. The van der Waals surface area contributed by atoms with Crippen LogP contribution in [0.2, 0.25) is 15.1 Å². The Morgan fingerprint density at radius 3 is 2.42 bits per heavy atom. The van der Waals surface area contributed by atoms with Crippen LogP contribution in [0.1, 0.15) is 21.8 Å². The summed E-state index contributed by atoms with van der Waals surface area (Å²) in [6.07, 6.45) is 0.144. The number of thiophene rings is 1. The number of carboxylic acid groups (broad SMARTS) is 1. The maximum Gasteiger partial charge on any atom is 0.303 e. The summed E-state index contributed by atoms with van der Waals surface area (Å²) in [5, 5.41) is 11.0. The normalized spacial score (nSPS) is 11.0. The summed E-state index contributed by atoms with van der Waals surface area (Å²) in [5.41, 5.74) is 4.98. The molecule has 33 heavy (non-hydrogen) atoms. The van der Waals surface area contributed by atoms with Crippen LogP contribution in [0.15, 0.2) is 48.5 Å². The van der Waals surface area contributed by atoms with Gasteiger partial charge in [0.25, 0.3) is 5.91 Å². The van der Waals surface area contributed by atoms with Gasteiger partial charge in [0, 0.05) is 28.1 Å². The molecule has 10 heteroatoms. The van der Waals surface area contributed by atoms with Gasteiger partial charge in [0.1, 0.15) is 15.6 Å². The third kappa shape index (κ3) is 4.68. The van der Waals surface area contributed by atoms with E-state index in [1.807, 2.05) is 18.2 Å². The van der Waals surface area contributed by atoms with Gasteiger partial charge in [-0.05, 0) is 36.4 Å². The SMILES string of the molecule is COc1ccc2c(Cl)c(C(=O)Nn3c(CCC(=O)O)ccc3-c3ccc(Cl)cc3)sc2c1Cl. The first-order valence-electron chi connectivity index (χ1n) is 9.74. The first kappa shape index (κ1) is 23.4. The van der Waals surface area contributed by atoms with Crippen molar-refractivity contribution < 1.29 is 19.4 Å². The zero-order valence-corrected chi connectivity index (χ0v) is 20.3. The van der Waals surface area contributed by atoms with Gasteiger partial charge in [-0.15, -0.1) is 11.3 Å². The molecule has 4 aromatic rings. The molecule has 0 fully saturated rings. The van der Waals surface area contributed by atoms with Gasteiger partial charge < -0.3 is 9.84 Å². The van der Waals surface area contributed by atoms with Gasteiger partial charge >= 0.3 is 5.97 Å². The Bertz CT molecular complexity index is 1360. The molecule has 2 N–H and O–H groups in total. The maximum atomic E-state index is 13.3. The molecule has 0 unspecified atom stereocenters. The predicted molar refractivity (Wildman–Crippen MR) is 133 cm³/mol. The van der Waals surface area contributed by atoms with Gasteiger partial charge in [0.2, 0.25) is 0 Å². The Labute approximate surface area is 208 Å². The number of nitrogens with one attached hydrogen (secondary N) is 1. The van der Waals surface area contributed by atoms with Crippen LogP contribution < -0.4 is 10.2 Å². The number of amides is 1. The molecule has 2 heterocycles. The van der Waals surface area contributed by atoms with Gasteiger partial charge in [-0.2, -0.15) is 0 Å². The molecule has 0 spiro atoms. The number of carbonyl (C=O) groups is 2. The van der Waals surface area contributed by atoms with Crippen LogP contribution >= 0.6 is 46.1 Å². The highest BCUT2D eigenvalue weighted by Gasteiger charge is 2.22. The van der Waals surface area contributed by atoms with Crippen LogP contribution in [-0.2, 0) is 11.2 Å². The minimum Gasteiger partial charge on any atom is -0.495 e. The molecule has 170 valence electrons. The lowest BCUT2D eigenvalue weighted by Crippen LogP contribution is -2.25. The van der Waals surface area contributed by atoms with Crippen molar-refractivity contribution in [3.63, 3.8) is 0 Å². The van der Waals surface area contributed by atoms with E-state index in [1.165, 1.54) is 7.11 Å². The number of methoxy groups -OCH3 is 1. The second-order valence-corrected chi connectivity index (χ2v) is 9.30. The van der Waals surface area contributed by atoms with Gasteiger partial charge in [-0.3, -0.25) is 19.7 Å². The van der Waals surface area contributed by atoms with E-state index in [1.54, 1.807) is 35.0 Å². The van der Waals surface area contributed by atoms with E-state index >= 15 is 0 Å². The molecule has 2 aromatic heterocycles. The maximum absolute atomic E-state index is 13.3. The number of rotatable bonds is 7. The van der Waals surface area contributed by atoms with Gasteiger partial charge in [0.15, 0.2) is 0 Å². The third-order valence-electron chi connectivity index (χ3n) is 5.04. The van der Waals surface area contributed by atoms with Crippen LogP contribution in [0.25, 0.3) is 21.3 Å². The number of benzene rings is 2. The van der Waals surface area contributed by atoms with Crippen molar-refractivity contribution in [2.45, 2.75) is 12.8 Å². The summed E-state index contributed by atoms with van der Waals surface area (Å²) in [5.74, 6) is -0.891. The average Bonchev–Trinajstić information content (AvgIpc) is 3.34. The fraction of sp³-hybridized carbons (Fsp3) is 0.130. The second kappa shape index (κ2) is 9.65. The molecule has 0 aliphatic carbocycles. The van der Waals surface area contributed by atoms with Gasteiger partial charge in [-0.1, -0.05) is 46.9 Å². The number of fused-ring (bicyclic) bond motifs is 1. The number of carbonyl (C=O) groups excluding carboxylic acids is 1. The number of nitrogens with zero attached hydrogens (tertiary/aromatic N) is 1. The van der Waals surface area contributed by atoms with Crippen LogP contribution in [0.5, 0.6) is 5.75 Å². The molecular formula is C23H17Cl3N2O4S. The van der Waals surface area contributed by atoms with E-state index in [0.29, 0.717) is 37.3 Å². The monoisotopic (exact) mass is 522 g/mol. The number of carboxylic acids is 1. The number of aromatic nitrogens is 1. The summed E-state index contributed by atoms with van der Waals surface area (Å²) in [6, 6.07) is 14.2. The Morgan fingerprint density at radius 1 is 1.03 bits per heavy atom. The minimum absolute atomic E-state index is 0.0843. The van der Waals surface area contributed by atoms with Crippen LogP contribution in [-0.4, -0.2) is 28.8 Å². The molecule has 0 saturated carbocycles. The van der Waals surface area contributed by atoms with E-state index in [4.69, 9.17) is 44.6 Å². The van der Waals surface area contributed by atoms with E-state index < -0.39 is 11.9 Å². The van der Waals surface area contributed by atoms with E-state index in [9.17, 15) is 9.59 Å². The first-order valence-corrected chi connectivity index (χ1v) is 11.7. The summed E-state index contributed by atoms with van der Waals surface area (Å²) in [4.78, 5) is 24.7. The zero-order chi connectivity index (χ0) is 23.7. The molecule has 0 saturated heterocycles. The fourth-order valence-electron chi connectivity index (χ4n) is 3.42.